The number of nitrogens with one attached hydrogen (secondary N) is 1. The normalized spacial score (nSPS) is 17.1. The van der Waals surface area contributed by atoms with E-state index in [9.17, 15) is 18.0 Å². The summed E-state index contributed by atoms with van der Waals surface area (Å²) < 4.78 is 32.1. The minimum atomic E-state index is -3.43. The molecule has 1 amide bonds. The van der Waals surface area contributed by atoms with Gasteiger partial charge in [-0.05, 0) is 31.2 Å². The molecule has 9 nitrogen and oxygen atoms in total. The molecule has 1 aliphatic heterocycles. The minimum absolute atomic E-state index is 0.0629. The van der Waals surface area contributed by atoms with E-state index in [1.807, 2.05) is 30.3 Å². The summed E-state index contributed by atoms with van der Waals surface area (Å²) in [5.41, 5.74) is 1.11. The number of rotatable bonds is 10. The number of thioether (sulfide) groups is 1. The van der Waals surface area contributed by atoms with E-state index in [1.165, 1.54) is 23.2 Å². The first-order valence-corrected chi connectivity index (χ1v) is 13.6. The number of hydrogen-bond donors (Lipinski definition) is 1. The third-order valence-electron chi connectivity index (χ3n) is 5.04. The summed E-state index contributed by atoms with van der Waals surface area (Å²) in [5, 5.41) is 10.9. The van der Waals surface area contributed by atoms with Gasteiger partial charge in [0.25, 0.3) is 0 Å². The van der Waals surface area contributed by atoms with Crippen molar-refractivity contribution in [3.05, 3.63) is 35.9 Å². The van der Waals surface area contributed by atoms with Crippen LogP contribution in [0, 0.1) is 5.92 Å². The molecule has 1 aromatic heterocycles. The number of aryl methyl sites for hydroxylation is 1. The van der Waals surface area contributed by atoms with E-state index in [0.717, 1.165) is 16.9 Å². The van der Waals surface area contributed by atoms with E-state index in [1.54, 1.807) is 0 Å². The highest BCUT2D eigenvalue weighted by Crippen LogP contribution is 2.27. The fourth-order valence-corrected chi connectivity index (χ4v) is 6.52. The maximum atomic E-state index is 12.8. The molecule has 2 heterocycles. The topological polar surface area (TPSA) is 119 Å². The van der Waals surface area contributed by atoms with Crippen molar-refractivity contribution in [1.82, 2.24) is 14.5 Å². The van der Waals surface area contributed by atoms with Gasteiger partial charge in [-0.1, -0.05) is 53.4 Å². The molecule has 0 radical (unpaired) electrons. The van der Waals surface area contributed by atoms with Crippen molar-refractivity contribution >= 4 is 50.1 Å². The number of aromatic nitrogens is 2. The molecule has 1 unspecified atom stereocenters. The van der Waals surface area contributed by atoms with E-state index in [4.69, 9.17) is 0 Å². The molecular formula is C20H26N4O5S3. The molecular weight excluding hydrogens is 472 g/mol. The van der Waals surface area contributed by atoms with E-state index in [-0.39, 0.29) is 29.9 Å². The van der Waals surface area contributed by atoms with Crippen molar-refractivity contribution in [3.8, 4) is 0 Å². The van der Waals surface area contributed by atoms with Crippen molar-refractivity contribution in [2.45, 2.75) is 30.0 Å². The van der Waals surface area contributed by atoms with Crippen LogP contribution >= 0.6 is 23.1 Å². The minimum Gasteiger partial charge on any atom is -0.468 e. The van der Waals surface area contributed by atoms with Crippen LogP contribution < -0.4 is 5.32 Å². The number of carbonyl (C=O) groups excluding carboxylic acids is 2. The van der Waals surface area contributed by atoms with Gasteiger partial charge in [0, 0.05) is 13.1 Å². The van der Waals surface area contributed by atoms with Gasteiger partial charge in [0.1, 0.15) is 0 Å². The standard InChI is InChI=1S/C20H26N4O5S3/c1-29-17(25)14-30-20-23-22-19(31-20)21-18(26)16-10-5-11-24(13-16)32(27,28)12-6-9-15-7-3-2-4-8-15/h2-4,7-8,16H,5-6,9-14H2,1H3,(H,21,22,26). The first-order chi connectivity index (χ1) is 15.4. The average Bonchev–Trinajstić information content (AvgIpc) is 3.25. The fraction of sp³-hybridized carbons (Fsp3) is 0.500. The zero-order chi connectivity index (χ0) is 23.0. The Kier molecular flexibility index (Phi) is 9.02. The highest BCUT2D eigenvalue weighted by molar-refractivity contribution is 8.01. The molecule has 0 aliphatic carbocycles. The zero-order valence-corrected chi connectivity index (χ0v) is 20.2. The number of anilines is 1. The third-order valence-corrected chi connectivity index (χ3v) is 8.91. The van der Waals surface area contributed by atoms with Crippen LogP contribution in [0.2, 0.25) is 0 Å². The second kappa shape index (κ2) is 11.7. The summed E-state index contributed by atoms with van der Waals surface area (Å²) >= 11 is 2.34. The number of hydrogen-bond acceptors (Lipinski definition) is 9. The van der Waals surface area contributed by atoms with Crippen molar-refractivity contribution in [2.24, 2.45) is 5.92 Å². The van der Waals surface area contributed by atoms with Crippen LogP contribution in [0.5, 0.6) is 0 Å². The van der Waals surface area contributed by atoms with Crippen LogP contribution in [0.3, 0.4) is 0 Å². The monoisotopic (exact) mass is 498 g/mol. The Morgan fingerprint density at radius 1 is 1.28 bits per heavy atom. The maximum absolute atomic E-state index is 12.8. The highest BCUT2D eigenvalue weighted by atomic mass is 32.2. The van der Waals surface area contributed by atoms with Crippen molar-refractivity contribution < 1.29 is 22.7 Å². The molecule has 1 saturated heterocycles. The molecule has 174 valence electrons. The number of esters is 1. The lowest BCUT2D eigenvalue weighted by Crippen LogP contribution is -2.44. The van der Waals surface area contributed by atoms with Gasteiger partial charge in [0.15, 0.2) is 4.34 Å². The van der Waals surface area contributed by atoms with Crippen LogP contribution in [-0.2, 0) is 30.8 Å². The molecule has 32 heavy (non-hydrogen) atoms. The molecule has 1 fully saturated rings. The lowest BCUT2D eigenvalue weighted by atomic mass is 9.99. The molecule has 12 heteroatoms. The summed E-state index contributed by atoms with van der Waals surface area (Å²) in [4.78, 5) is 23.9. The Hall–Kier alpha value is -2.02. The van der Waals surface area contributed by atoms with E-state index in [2.05, 4.69) is 20.3 Å². The number of nitrogens with zero attached hydrogens (tertiary/aromatic N) is 3. The smallest absolute Gasteiger partial charge is 0.316 e. The van der Waals surface area contributed by atoms with Crippen LogP contribution in [0.15, 0.2) is 34.7 Å². The molecule has 1 aliphatic rings. The Morgan fingerprint density at radius 2 is 2.06 bits per heavy atom. The lowest BCUT2D eigenvalue weighted by Gasteiger charge is -2.31. The van der Waals surface area contributed by atoms with Crippen LogP contribution in [-0.4, -0.2) is 66.5 Å². The summed E-state index contributed by atoms with van der Waals surface area (Å²) in [6.07, 6.45) is 2.48. The van der Waals surface area contributed by atoms with E-state index >= 15 is 0 Å². The largest absolute Gasteiger partial charge is 0.468 e. The molecule has 1 aromatic carbocycles. The molecule has 0 bridgehead atoms. The van der Waals surface area contributed by atoms with E-state index < -0.39 is 15.9 Å². The zero-order valence-electron chi connectivity index (χ0n) is 17.7. The SMILES string of the molecule is COC(=O)CSc1nnc(NC(=O)C2CCCN(S(=O)(=O)CCCc3ccccc3)C2)s1. The predicted octanol–water partition coefficient (Wildman–Crippen LogP) is 2.42. The third kappa shape index (κ3) is 7.26. The summed E-state index contributed by atoms with van der Waals surface area (Å²) in [6.45, 7) is 0.604. The van der Waals surface area contributed by atoms with Gasteiger partial charge >= 0.3 is 5.97 Å². The molecule has 2 aromatic rings. The first kappa shape index (κ1) is 24.6. The Bertz CT molecular complexity index is 1010. The summed E-state index contributed by atoms with van der Waals surface area (Å²) in [7, 11) is -2.11. The Morgan fingerprint density at radius 3 is 2.81 bits per heavy atom. The average molecular weight is 499 g/mol. The van der Waals surface area contributed by atoms with Crippen molar-refractivity contribution in [3.63, 3.8) is 0 Å². The Labute approximate surface area is 196 Å². The summed E-state index contributed by atoms with van der Waals surface area (Å²) in [5.74, 6) is -0.910. The van der Waals surface area contributed by atoms with Crippen molar-refractivity contribution in [2.75, 3.05) is 37.0 Å². The molecule has 0 spiro atoms. The van der Waals surface area contributed by atoms with Crippen molar-refractivity contribution in [1.29, 1.82) is 0 Å². The molecule has 3 rings (SSSR count). The lowest BCUT2D eigenvalue weighted by molar-refractivity contribution is -0.137. The van der Waals surface area contributed by atoms with Gasteiger partial charge in [-0.3, -0.25) is 9.59 Å². The Balaban J connectivity index is 1.49. The van der Waals surface area contributed by atoms with Gasteiger partial charge < -0.3 is 10.1 Å². The molecule has 1 atom stereocenters. The first-order valence-electron chi connectivity index (χ1n) is 10.2. The number of amides is 1. The molecule has 1 N–H and O–H groups in total. The van der Waals surface area contributed by atoms with Gasteiger partial charge in [-0.15, -0.1) is 10.2 Å². The second-order valence-corrected chi connectivity index (χ2v) is 11.6. The molecule has 0 saturated carbocycles. The number of benzene rings is 1. The van der Waals surface area contributed by atoms with E-state index in [0.29, 0.717) is 41.7 Å². The van der Waals surface area contributed by atoms with Crippen LogP contribution in [0.25, 0.3) is 0 Å². The number of carbonyl (C=O) groups is 2. The van der Waals surface area contributed by atoms with Gasteiger partial charge in [0.05, 0.1) is 24.5 Å². The maximum Gasteiger partial charge on any atom is 0.316 e. The van der Waals surface area contributed by atoms with Gasteiger partial charge in [0.2, 0.25) is 21.1 Å². The summed E-state index contributed by atoms with van der Waals surface area (Å²) in [6, 6.07) is 9.79. The number of piperidine rings is 1. The number of methoxy groups -OCH3 is 1. The second-order valence-electron chi connectivity index (χ2n) is 7.33. The van der Waals surface area contributed by atoms with Crippen LogP contribution in [0.1, 0.15) is 24.8 Å². The quantitative estimate of drug-likeness (QED) is 0.301. The predicted molar refractivity (Wildman–Crippen MR) is 124 cm³/mol. The number of sulfonamides is 1. The fourth-order valence-electron chi connectivity index (χ4n) is 3.35. The van der Waals surface area contributed by atoms with Crippen LogP contribution in [0.4, 0.5) is 5.13 Å². The van der Waals surface area contributed by atoms with Gasteiger partial charge in [-0.2, -0.15) is 0 Å². The highest BCUT2D eigenvalue weighted by Gasteiger charge is 2.32. The number of ether oxygens (including phenoxy) is 1. The van der Waals surface area contributed by atoms with Gasteiger partial charge in [-0.25, -0.2) is 12.7 Å².